The van der Waals surface area contributed by atoms with Crippen molar-refractivity contribution in [3.8, 4) is 11.5 Å². The van der Waals surface area contributed by atoms with Gasteiger partial charge in [-0.2, -0.15) is 0 Å². The van der Waals surface area contributed by atoms with Crippen molar-refractivity contribution in [3.05, 3.63) is 22.2 Å². The fourth-order valence-electron chi connectivity index (χ4n) is 1.24. The molecule has 90 valence electrons. The predicted octanol–water partition coefficient (Wildman–Crippen LogP) is 4.23. The lowest BCUT2D eigenvalue weighted by Gasteiger charge is -2.15. The van der Waals surface area contributed by atoms with Gasteiger partial charge in [0, 0.05) is 5.88 Å². The topological polar surface area (TPSA) is 18.5 Å². The molecule has 0 spiro atoms. The van der Waals surface area contributed by atoms with Crippen LogP contribution in [-0.4, -0.2) is 13.7 Å². The first-order chi connectivity index (χ1) is 7.58. The molecule has 0 atom stereocenters. The van der Waals surface area contributed by atoms with Gasteiger partial charge in [0.05, 0.1) is 18.2 Å². The number of methoxy groups -OCH3 is 1. The predicted molar refractivity (Wildman–Crippen MR) is 70.6 cm³/mol. The van der Waals surface area contributed by atoms with E-state index >= 15 is 0 Å². The van der Waals surface area contributed by atoms with Crippen molar-refractivity contribution in [1.82, 2.24) is 0 Å². The molecule has 0 radical (unpaired) electrons. The van der Waals surface area contributed by atoms with Crippen LogP contribution in [0.4, 0.5) is 0 Å². The van der Waals surface area contributed by atoms with Crippen molar-refractivity contribution in [2.24, 2.45) is 5.92 Å². The van der Waals surface area contributed by atoms with Crippen LogP contribution >= 0.6 is 27.5 Å². The molecule has 0 aromatic heterocycles. The third-order valence-electron chi connectivity index (χ3n) is 2.00. The van der Waals surface area contributed by atoms with Crippen LogP contribution in [0.15, 0.2) is 16.6 Å². The molecule has 2 nitrogen and oxygen atoms in total. The normalized spacial score (nSPS) is 10.6. The van der Waals surface area contributed by atoms with Crippen molar-refractivity contribution in [2.75, 3.05) is 13.7 Å². The molecule has 0 bridgehead atoms. The highest BCUT2D eigenvalue weighted by Gasteiger charge is 2.11. The van der Waals surface area contributed by atoms with Crippen LogP contribution in [0.2, 0.25) is 0 Å². The number of hydrogen-bond donors (Lipinski definition) is 0. The van der Waals surface area contributed by atoms with Crippen molar-refractivity contribution >= 4 is 27.5 Å². The molecule has 1 aromatic carbocycles. The van der Waals surface area contributed by atoms with Gasteiger partial charge in [-0.3, -0.25) is 0 Å². The zero-order valence-corrected chi connectivity index (χ0v) is 12.1. The molecule has 0 N–H and O–H groups in total. The standard InChI is InChI=1S/C12H16BrClO2/c1-8(2)7-16-12-10(13)4-9(6-14)5-11(12)15-3/h4-5,8H,6-7H2,1-3H3. The Kier molecular flexibility index (Phi) is 5.42. The van der Waals surface area contributed by atoms with E-state index in [2.05, 4.69) is 29.8 Å². The summed E-state index contributed by atoms with van der Waals surface area (Å²) in [6.45, 7) is 4.87. The summed E-state index contributed by atoms with van der Waals surface area (Å²) >= 11 is 9.26. The summed E-state index contributed by atoms with van der Waals surface area (Å²) < 4.78 is 11.9. The van der Waals surface area contributed by atoms with E-state index in [-0.39, 0.29) is 0 Å². The van der Waals surface area contributed by atoms with Crippen molar-refractivity contribution < 1.29 is 9.47 Å². The molecule has 1 rings (SSSR count). The third kappa shape index (κ3) is 3.56. The average molecular weight is 308 g/mol. The van der Waals surface area contributed by atoms with E-state index in [1.165, 1.54) is 0 Å². The Balaban J connectivity index is 2.97. The number of halogens is 2. The zero-order valence-electron chi connectivity index (χ0n) is 9.72. The van der Waals surface area contributed by atoms with Gasteiger partial charge in [-0.15, -0.1) is 11.6 Å². The van der Waals surface area contributed by atoms with Gasteiger partial charge in [0.25, 0.3) is 0 Å². The maximum Gasteiger partial charge on any atom is 0.175 e. The molecule has 16 heavy (non-hydrogen) atoms. The van der Waals surface area contributed by atoms with Crippen molar-refractivity contribution in [2.45, 2.75) is 19.7 Å². The van der Waals surface area contributed by atoms with Crippen LogP contribution in [0.3, 0.4) is 0 Å². The van der Waals surface area contributed by atoms with Gasteiger partial charge < -0.3 is 9.47 Å². The largest absolute Gasteiger partial charge is 0.493 e. The quantitative estimate of drug-likeness (QED) is 0.758. The fourth-order valence-corrected chi connectivity index (χ4v) is 2.00. The van der Waals surface area contributed by atoms with Crippen LogP contribution in [0.5, 0.6) is 11.5 Å². The summed E-state index contributed by atoms with van der Waals surface area (Å²) in [7, 11) is 1.63. The molecule has 0 unspecified atom stereocenters. The van der Waals surface area contributed by atoms with Crippen LogP contribution in [0, 0.1) is 5.92 Å². The Morgan fingerprint density at radius 3 is 2.56 bits per heavy atom. The minimum atomic E-state index is 0.458. The molecule has 0 amide bonds. The van der Waals surface area contributed by atoms with Gasteiger partial charge in [0.1, 0.15) is 0 Å². The van der Waals surface area contributed by atoms with E-state index in [0.29, 0.717) is 24.2 Å². The monoisotopic (exact) mass is 306 g/mol. The first-order valence-corrected chi connectivity index (χ1v) is 6.46. The second-order valence-electron chi connectivity index (χ2n) is 3.95. The zero-order chi connectivity index (χ0) is 12.1. The lowest BCUT2D eigenvalue weighted by Crippen LogP contribution is -2.06. The Hall–Kier alpha value is -0.410. The molecular formula is C12H16BrClO2. The van der Waals surface area contributed by atoms with Crippen LogP contribution < -0.4 is 9.47 Å². The lowest BCUT2D eigenvalue weighted by molar-refractivity contribution is 0.255. The summed E-state index contributed by atoms with van der Waals surface area (Å²) in [6.07, 6.45) is 0. The van der Waals surface area contributed by atoms with E-state index < -0.39 is 0 Å². The van der Waals surface area contributed by atoms with E-state index in [4.69, 9.17) is 21.1 Å². The highest BCUT2D eigenvalue weighted by Crippen LogP contribution is 2.37. The van der Waals surface area contributed by atoms with Crippen molar-refractivity contribution in [1.29, 1.82) is 0 Å². The highest BCUT2D eigenvalue weighted by molar-refractivity contribution is 9.10. The van der Waals surface area contributed by atoms with Gasteiger partial charge in [-0.25, -0.2) is 0 Å². The molecule has 0 saturated carbocycles. The molecule has 0 aliphatic carbocycles. The van der Waals surface area contributed by atoms with E-state index in [0.717, 1.165) is 15.8 Å². The minimum Gasteiger partial charge on any atom is -0.493 e. The number of rotatable bonds is 5. The molecule has 0 fully saturated rings. The maximum atomic E-state index is 5.79. The third-order valence-corrected chi connectivity index (χ3v) is 2.90. The number of ether oxygens (including phenoxy) is 2. The molecule has 4 heteroatoms. The SMILES string of the molecule is COc1cc(CCl)cc(Br)c1OCC(C)C. The van der Waals surface area contributed by atoms with E-state index in [1.807, 2.05) is 12.1 Å². The second-order valence-corrected chi connectivity index (χ2v) is 5.07. The average Bonchev–Trinajstić information content (AvgIpc) is 2.26. The van der Waals surface area contributed by atoms with Gasteiger partial charge in [-0.05, 0) is 39.5 Å². The van der Waals surface area contributed by atoms with Crippen molar-refractivity contribution in [3.63, 3.8) is 0 Å². The first-order valence-electron chi connectivity index (χ1n) is 5.13. The van der Waals surface area contributed by atoms with Gasteiger partial charge in [0.2, 0.25) is 0 Å². The van der Waals surface area contributed by atoms with Gasteiger partial charge in [-0.1, -0.05) is 13.8 Å². The molecule has 0 saturated heterocycles. The number of alkyl halides is 1. The lowest BCUT2D eigenvalue weighted by atomic mass is 10.2. The Morgan fingerprint density at radius 1 is 1.38 bits per heavy atom. The van der Waals surface area contributed by atoms with Gasteiger partial charge in [0.15, 0.2) is 11.5 Å². The Bertz CT molecular complexity index is 353. The van der Waals surface area contributed by atoms with Crippen LogP contribution in [0.1, 0.15) is 19.4 Å². The molecule has 1 aromatic rings. The minimum absolute atomic E-state index is 0.458. The summed E-state index contributed by atoms with van der Waals surface area (Å²) in [5, 5.41) is 0. The second kappa shape index (κ2) is 6.36. The van der Waals surface area contributed by atoms with E-state index in [9.17, 15) is 0 Å². The Morgan fingerprint density at radius 2 is 2.06 bits per heavy atom. The highest BCUT2D eigenvalue weighted by atomic mass is 79.9. The molecule has 0 aliphatic heterocycles. The first kappa shape index (κ1) is 13.7. The van der Waals surface area contributed by atoms with Gasteiger partial charge >= 0.3 is 0 Å². The van der Waals surface area contributed by atoms with E-state index in [1.54, 1.807) is 7.11 Å². The molecular weight excluding hydrogens is 291 g/mol. The van der Waals surface area contributed by atoms with Crippen LogP contribution in [0.25, 0.3) is 0 Å². The summed E-state index contributed by atoms with van der Waals surface area (Å²) in [5.41, 5.74) is 1.00. The fraction of sp³-hybridized carbons (Fsp3) is 0.500. The summed E-state index contributed by atoms with van der Waals surface area (Å²) in [5.74, 6) is 2.39. The number of benzene rings is 1. The summed E-state index contributed by atoms with van der Waals surface area (Å²) in [4.78, 5) is 0. The molecule has 0 heterocycles. The number of hydrogen-bond acceptors (Lipinski definition) is 2. The van der Waals surface area contributed by atoms with Crippen LogP contribution in [-0.2, 0) is 5.88 Å². The Labute approximate surface area is 110 Å². The smallest absolute Gasteiger partial charge is 0.175 e. The molecule has 0 aliphatic rings. The summed E-state index contributed by atoms with van der Waals surface area (Å²) in [6, 6.07) is 3.85. The maximum absolute atomic E-state index is 5.79.